The second kappa shape index (κ2) is 12.3. The molecule has 1 saturated heterocycles. The molecular weight excluding hydrogens is 464 g/mol. The molecule has 3 N–H and O–H groups in total. The number of aryl methyl sites for hydroxylation is 1. The highest BCUT2D eigenvalue weighted by Crippen LogP contribution is 2.29. The molecule has 1 aromatic heterocycles. The van der Waals surface area contributed by atoms with Crippen molar-refractivity contribution in [2.24, 2.45) is 5.92 Å². The van der Waals surface area contributed by atoms with Crippen molar-refractivity contribution < 1.29 is 33.4 Å². The number of methoxy groups -OCH3 is 2. The van der Waals surface area contributed by atoms with Crippen LogP contribution < -0.4 is 16.0 Å². The molecule has 1 fully saturated rings. The van der Waals surface area contributed by atoms with Gasteiger partial charge in [-0.2, -0.15) is 0 Å². The van der Waals surface area contributed by atoms with E-state index in [9.17, 15) is 19.2 Å². The Morgan fingerprint density at radius 2 is 1.59 bits per heavy atom. The predicted octanol–water partition coefficient (Wildman–Crippen LogP) is 0.216. The van der Waals surface area contributed by atoms with Crippen LogP contribution in [0.1, 0.15) is 41.9 Å². The summed E-state index contributed by atoms with van der Waals surface area (Å²) in [6, 6.07) is -2.91. The number of Topliss-reactive ketones (excluding diaryl/α,β-unsaturated/α-hetero) is 1. The Morgan fingerprint density at radius 3 is 2.03 bits per heavy atom. The Morgan fingerprint density at radius 1 is 1.06 bits per heavy atom. The van der Waals surface area contributed by atoms with Gasteiger partial charge in [-0.15, -0.1) is 11.3 Å². The predicted molar refractivity (Wildman–Crippen MR) is 125 cm³/mol. The molecule has 34 heavy (non-hydrogen) atoms. The van der Waals surface area contributed by atoms with Gasteiger partial charge in [0, 0.05) is 14.2 Å². The van der Waals surface area contributed by atoms with E-state index in [4.69, 9.17) is 14.2 Å². The average molecular weight is 499 g/mol. The van der Waals surface area contributed by atoms with Gasteiger partial charge in [0.25, 0.3) is 5.91 Å². The summed E-state index contributed by atoms with van der Waals surface area (Å²) in [5, 5.41) is 8.64. The summed E-state index contributed by atoms with van der Waals surface area (Å²) in [5.41, 5.74) is -0.893. The number of hydrogen-bond donors (Lipinski definition) is 3. The number of carbonyl (C=O) groups excluding carboxylic acids is 4. The first-order valence-corrected chi connectivity index (χ1v) is 11.8. The van der Waals surface area contributed by atoms with E-state index in [-0.39, 0.29) is 24.9 Å². The number of amides is 3. The topological polar surface area (TPSA) is 148 Å². The molecule has 3 amide bonds. The maximum absolute atomic E-state index is 13.0. The third-order valence-corrected chi connectivity index (χ3v) is 6.12. The van der Waals surface area contributed by atoms with E-state index in [0.29, 0.717) is 22.9 Å². The van der Waals surface area contributed by atoms with Crippen LogP contribution in [0.25, 0.3) is 0 Å². The fourth-order valence-electron chi connectivity index (χ4n) is 3.26. The molecule has 2 rings (SSSR count). The number of hydrogen-bond acceptors (Lipinski definition) is 9. The van der Waals surface area contributed by atoms with Crippen LogP contribution in [0.2, 0.25) is 0 Å². The number of rotatable bonds is 14. The van der Waals surface area contributed by atoms with E-state index in [1.54, 1.807) is 13.8 Å². The van der Waals surface area contributed by atoms with Crippen molar-refractivity contribution >= 4 is 34.8 Å². The quantitative estimate of drug-likeness (QED) is 0.309. The van der Waals surface area contributed by atoms with Crippen molar-refractivity contribution in [3.05, 3.63) is 16.1 Å². The van der Waals surface area contributed by atoms with Gasteiger partial charge in [0.05, 0.1) is 37.1 Å². The molecule has 0 saturated carbocycles. The normalized spacial score (nSPS) is 19.7. The molecule has 0 radical (unpaired) electrons. The Balaban J connectivity index is 2.08. The summed E-state index contributed by atoms with van der Waals surface area (Å²) >= 11 is 1.19. The van der Waals surface area contributed by atoms with E-state index in [1.165, 1.54) is 31.8 Å². The van der Waals surface area contributed by atoms with Crippen molar-refractivity contribution in [1.29, 1.82) is 0 Å². The van der Waals surface area contributed by atoms with Crippen LogP contribution in [0, 0.1) is 12.8 Å². The van der Waals surface area contributed by atoms with Crippen LogP contribution in [-0.2, 0) is 28.6 Å². The van der Waals surface area contributed by atoms with Crippen LogP contribution >= 0.6 is 11.3 Å². The molecule has 1 aromatic rings. The lowest BCUT2D eigenvalue weighted by atomic mass is 9.93. The molecule has 190 valence electrons. The summed E-state index contributed by atoms with van der Waals surface area (Å²) < 4.78 is 15.4. The smallest absolute Gasteiger partial charge is 0.263 e. The minimum atomic E-state index is -1.09. The van der Waals surface area contributed by atoms with Crippen molar-refractivity contribution in [2.45, 2.75) is 57.8 Å². The SMILES string of the molecule is COC[C@H](NC(=O)c1cnc(C)s1)C(=O)N[C@@H](COC)C(=O)N[C@@H](CC(C)C)C(=O)[C@@]1(C)CO1. The van der Waals surface area contributed by atoms with Crippen LogP contribution in [0.3, 0.4) is 0 Å². The third-order valence-electron chi connectivity index (χ3n) is 5.21. The molecular formula is C22H34N4O7S. The minimum absolute atomic E-state index is 0.110. The zero-order valence-corrected chi connectivity index (χ0v) is 21.2. The van der Waals surface area contributed by atoms with E-state index < -0.39 is 41.4 Å². The molecule has 0 bridgehead atoms. The second-order valence-corrected chi connectivity index (χ2v) is 10.1. The highest BCUT2D eigenvalue weighted by molar-refractivity contribution is 7.13. The molecule has 11 nitrogen and oxygen atoms in total. The van der Waals surface area contributed by atoms with E-state index in [0.717, 1.165) is 0 Å². The second-order valence-electron chi connectivity index (χ2n) is 8.82. The Bertz CT molecular complexity index is 884. The summed E-state index contributed by atoms with van der Waals surface area (Å²) in [6.07, 6.45) is 1.85. The summed E-state index contributed by atoms with van der Waals surface area (Å²) in [7, 11) is 2.79. The van der Waals surface area contributed by atoms with Gasteiger partial charge in [-0.05, 0) is 26.2 Å². The number of epoxide rings is 1. The largest absolute Gasteiger partial charge is 0.382 e. The molecule has 0 spiro atoms. The van der Waals surface area contributed by atoms with Crippen molar-refractivity contribution in [2.75, 3.05) is 34.0 Å². The van der Waals surface area contributed by atoms with Gasteiger partial charge >= 0.3 is 0 Å². The monoisotopic (exact) mass is 498 g/mol. The number of ketones is 1. The van der Waals surface area contributed by atoms with Gasteiger partial charge in [0.1, 0.15) is 22.6 Å². The van der Waals surface area contributed by atoms with Crippen LogP contribution in [0.5, 0.6) is 0 Å². The maximum Gasteiger partial charge on any atom is 0.263 e. The molecule has 0 aliphatic carbocycles. The average Bonchev–Trinajstić information content (AvgIpc) is 3.37. The fourth-order valence-corrected chi connectivity index (χ4v) is 3.94. The minimum Gasteiger partial charge on any atom is -0.382 e. The fraction of sp³-hybridized carbons (Fsp3) is 0.682. The lowest BCUT2D eigenvalue weighted by Gasteiger charge is -2.26. The van der Waals surface area contributed by atoms with Gasteiger partial charge in [-0.25, -0.2) is 4.98 Å². The highest BCUT2D eigenvalue weighted by atomic mass is 32.1. The maximum atomic E-state index is 13.0. The zero-order valence-electron chi connectivity index (χ0n) is 20.4. The van der Waals surface area contributed by atoms with Crippen LogP contribution in [-0.4, -0.2) is 86.3 Å². The van der Waals surface area contributed by atoms with E-state index in [2.05, 4.69) is 20.9 Å². The number of nitrogens with zero attached hydrogens (tertiary/aromatic N) is 1. The number of ether oxygens (including phenoxy) is 3. The molecule has 2 heterocycles. The lowest BCUT2D eigenvalue weighted by Crippen LogP contribution is -2.58. The molecule has 4 atom stereocenters. The van der Waals surface area contributed by atoms with Gasteiger partial charge in [-0.3, -0.25) is 19.2 Å². The Kier molecular flexibility index (Phi) is 10.1. The standard InChI is InChI=1S/C22H34N4O7S/c1-12(2)7-14(18(27)22(4)11-33-22)24-19(28)15(9-31-5)25-20(29)16(10-32-6)26-21(30)17-8-23-13(3)34-17/h8,12,14-16H,7,9-11H2,1-6H3,(H,24,28)(H,25,29)(H,26,30)/t14-,15-,16-,22+/m0/s1. The first-order valence-electron chi connectivity index (χ1n) is 11.0. The number of thiazole rings is 1. The summed E-state index contributed by atoms with van der Waals surface area (Å²) in [4.78, 5) is 55.6. The van der Waals surface area contributed by atoms with Gasteiger partial charge in [0.2, 0.25) is 11.8 Å². The third kappa shape index (κ3) is 7.83. The van der Waals surface area contributed by atoms with Crippen LogP contribution in [0.15, 0.2) is 6.20 Å². The highest BCUT2D eigenvalue weighted by Gasteiger charge is 2.50. The van der Waals surface area contributed by atoms with Gasteiger partial charge < -0.3 is 30.2 Å². The Labute approximate surface area is 203 Å². The van der Waals surface area contributed by atoms with E-state index >= 15 is 0 Å². The number of nitrogens with one attached hydrogen (secondary N) is 3. The first-order chi connectivity index (χ1) is 16.0. The molecule has 12 heteroatoms. The molecule has 1 aliphatic heterocycles. The van der Waals surface area contributed by atoms with Gasteiger partial charge in [-0.1, -0.05) is 13.8 Å². The van der Waals surface area contributed by atoms with Crippen LogP contribution in [0.4, 0.5) is 0 Å². The summed E-state index contributed by atoms with van der Waals surface area (Å²) in [5.74, 6) is -1.74. The molecule has 0 aromatic carbocycles. The van der Waals surface area contributed by atoms with Crippen molar-refractivity contribution in [3.63, 3.8) is 0 Å². The number of aromatic nitrogens is 1. The lowest BCUT2D eigenvalue weighted by molar-refractivity contribution is -0.134. The van der Waals surface area contributed by atoms with E-state index in [1.807, 2.05) is 13.8 Å². The Hall–Kier alpha value is -2.41. The van der Waals surface area contributed by atoms with Crippen molar-refractivity contribution in [3.8, 4) is 0 Å². The molecule has 1 aliphatic rings. The van der Waals surface area contributed by atoms with Gasteiger partial charge in [0.15, 0.2) is 5.78 Å². The summed E-state index contributed by atoms with van der Waals surface area (Å²) in [6.45, 7) is 7.41. The number of carbonyl (C=O) groups is 4. The van der Waals surface area contributed by atoms with Crippen molar-refractivity contribution in [1.82, 2.24) is 20.9 Å². The first kappa shape index (κ1) is 27.8. The molecule has 0 unspecified atom stereocenters. The zero-order chi connectivity index (χ0) is 25.5.